The van der Waals surface area contributed by atoms with Crippen LogP contribution in [0.15, 0.2) is 63.8 Å². The highest BCUT2D eigenvalue weighted by molar-refractivity contribution is 6.31. The van der Waals surface area contributed by atoms with Crippen LogP contribution in [-0.2, 0) is 11.3 Å². The van der Waals surface area contributed by atoms with Gasteiger partial charge in [-0.25, -0.2) is 0 Å². The molecule has 2 aromatic rings. The van der Waals surface area contributed by atoms with Crippen LogP contribution in [0.4, 0.5) is 5.69 Å². The lowest BCUT2D eigenvalue weighted by molar-refractivity contribution is -0.116. The number of nitrogens with zero attached hydrogens (tertiary/aromatic N) is 3. The van der Waals surface area contributed by atoms with Gasteiger partial charge in [-0.15, -0.1) is 0 Å². The summed E-state index contributed by atoms with van der Waals surface area (Å²) in [6.07, 6.45) is 0.456. The minimum Gasteiger partial charge on any atom is -0.396 e. The first-order valence-electron chi connectivity index (χ1n) is 8.89. The Morgan fingerprint density at radius 1 is 1.25 bits per heavy atom. The third-order valence-corrected chi connectivity index (χ3v) is 4.27. The molecule has 0 aromatic heterocycles. The molecule has 0 aliphatic carbocycles. The fourth-order valence-corrected chi connectivity index (χ4v) is 2.45. The van der Waals surface area contributed by atoms with Crippen LogP contribution in [0.3, 0.4) is 0 Å². The van der Waals surface area contributed by atoms with Crippen molar-refractivity contribution < 1.29 is 9.90 Å². The Morgan fingerprint density at radius 3 is 2.68 bits per heavy atom. The third-order valence-electron chi connectivity index (χ3n) is 3.85. The molecule has 2 aromatic carbocycles. The molecule has 0 aliphatic rings. The number of aliphatic imine (C=N–C) groups is 1. The minimum atomic E-state index is -1.05. The number of aliphatic hydroxyl groups is 1. The standard InChI is InChI=1S/C20H24ClN5O2/c1-14-12-15(8-9-17(14)21)13-23-19(22)18(26-24-10-5-11-27)20(28)25-16-6-3-2-4-7-16/h2-4,6-9,12,18,27H,5,10-11,13H2,1H3,(H2,22,23)(H,25,28). The van der Waals surface area contributed by atoms with Gasteiger partial charge >= 0.3 is 0 Å². The van der Waals surface area contributed by atoms with Crippen molar-refractivity contribution in [2.45, 2.75) is 25.9 Å². The van der Waals surface area contributed by atoms with Gasteiger partial charge in [0.25, 0.3) is 5.91 Å². The van der Waals surface area contributed by atoms with Crippen LogP contribution in [-0.4, -0.2) is 36.0 Å². The van der Waals surface area contributed by atoms with E-state index in [9.17, 15) is 4.79 Å². The second-order valence-corrected chi connectivity index (χ2v) is 6.55. The largest absolute Gasteiger partial charge is 0.396 e. The Morgan fingerprint density at radius 2 is 2.00 bits per heavy atom. The Balaban J connectivity index is 2.14. The van der Waals surface area contributed by atoms with Crippen molar-refractivity contribution in [2.75, 3.05) is 18.5 Å². The summed E-state index contributed by atoms with van der Waals surface area (Å²) in [5.41, 5.74) is 8.55. The molecule has 0 heterocycles. The molecule has 28 heavy (non-hydrogen) atoms. The zero-order chi connectivity index (χ0) is 20.4. The summed E-state index contributed by atoms with van der Waals surface area (Å²) in [5, 5.41) is 20.3. The zero-order valence-electron chi connectivity index (χ0n) is 15.7. The second-order valence-electron chi connectivity index (χ2n) is 6.14. The number of anilines is 1. The van der Waals surface area contributed by atoms with Gasteiger partial charge in [-0.2, -0.15) is 10.2 Å². The van der Waals surface area contributed by atoms with E-state index in [0.29, 0.717) is 30.2 Å². The number of para-hydroxylation sites is 1. The van der Waals surface area contributed by atoms with Gasteiger partial charge in [-0.3, -0.25) is 9.79 Å². The predicted molar refractivity (Wildman–Crippen MR) is 112 cm³/mol. The highest BCUT2D eigenvalue weighted by Crippen LogP contribution is 2.17. The topological polar surface area (TPSA) is 112 Å². The monoisotopic (exact) mass is 401 g/mol. The van der Waals surface area contributed by atoms with Crippen LogP contribution in [0, 0.1) is 6.92 Å². The number of rotatable bonds is 9. The van der Waals surface area contributed by atoms with Crippen molar-refractivity contribution in [3.63, 3.8) is 0 Å². The number of aryl methyl sites for hydroxylation is 1. The van der Waals surface area contributed by atoms with E-state index in [1.165, 1.54) is 0 Å². The van der Waals surface area contributed by atoms with Crippen LogP contribution >= 0.6 is 11.6 Å². The Bertz CT molecular complexity index is 840. The Hall–Kier alpha value is -2.77. The molecule has 148 valence electrons. The highest BCUT2D eigenvalue weighted by atomic mass is 35.5. The van der Waals surface area contributed by atoms with Gasteiger partial charge in [0.2, 0.25) is 6.04 Å². The van der Waals surface area contributed by atoms with Crippen LogP contribution < -0.4 is 11.1 Å². The zero-order valence-corrected chi connectivity index (χ0v) is 16.4. The Labute approximate surface area is 169 Å². The molecule has 1 amide bonds. The van der Waals surface area contributed by atoms with E-state index < -0.39 is 11.9 Å². The molecule has 8 heteroatoms. The van der Waals surface area contributed by atoms with E-state index in [1.54, 1.807) is 18.2 Å². The fraction of sp³-hybridized carbons (Fsp3) is 0.300. The molecule has 4 N–H and O–H groups in total. The van der Waals surface area contributed by atoms with Crippen molar-refractivity contribution in [1.82, 2.24) is 0 Å². The van der Waals surface area contributed by atoms with Crippen LogP contribution in [0.1, 0.15) is 17.5 Å². The average molecular weight is 402 g/mol. The lowest BCUT2D eigenvalue weighted by Gasteiger charge is -2.12. The molecule has 0 saturated heterocycles. The molecular weight excluding hydrogens is 378 g/mol. The molecule has 7 nitrogen and oxygen atoms in total. The first-order chi connectivity index (χ1) is 13.5. The molecular formula is C20H24ClN5O2. The molecule has 0 saturated carbocycles. The van der Waals surface area contributed by atoms with E-state index in [2.05, 4.69) is 20.5 Å². The summed E-state index contributed by atoms with van der Waals surface area (Å²) in [4.78, 5) is 16.9. The number of azo groups is 1. The first kappa shape index (κ1) is 21.5. The van der Waals surface area contributed by atoms with Crippen LogP contribution in [0.25, 0.3) is 0 Å². The van der Waals surface area contributed by atoms with E-state index in [4.69, 9.17) is 22.4 Å². The maximum atomic E-state index is 12.6. The molecule has 0 aliphatic heterocycles. The molecule has 0 fully saturated rings. The number of carbonyl (C=O) groups excluding carboxylic acids is 1. The maximum absolute atomic E-state index is 12.6. The summed E-state index contributed by atoms with van der Waals surface area (Å²) in [7, 11) is 0. The summed E-state index contributed by atoms with van der Waals surface area (Å²) < 4.78 is 0. The predicted octanol–water partition coefficient (Wildman–Crippen LogP) is 3.35. The smallest absolute Gasteiger partial charge is 0.258 e. The second kappa shape index (κ2) is 11.2. The van der Waals surface area contributed by atoms with Crippen molar-refractivity contribution >= 4 is 29.0 Å². The molecule has 0 bridgehead atoms. The lowest BCUT2D eigenvalue weighted by atomic mass is 10.1. The van der Waals surface area contributed by atoms with Gasteiger partial charge in [-0.05, 0) is 42.7 Å². The normalized spacial score (nSPS) is 12.9. The van der Waals surface area contributed by atoms with Gasteiger partial charge in [0.1, 0.15) is 5.84 Å². The summed E-state index contributed by atoms with van der Waals surface area (Å²) in [6.45, 7) is 2.50. The summed E-state index contributed by atoms with van der Waals surface area (Å²) in [5.74, 6) is -0.360. The summed E-state index contributed by atoms with van der Waals surface area (Å²) in [6, 6.07) is 13.5. The number of halogens is 1. The number of amidine groups is 1. The first-order valence-corrected chi connectivity index (χ1v) is 9.27. The minimum absolute atomic E-state index is 0.000607. The average Bonchev–Trinajstić information content (AvgIpc) is 2.69. The number of hydrogen-bond acceptors (Lipinski definition) is 5. The molecule has 0 radical (unpaired) electrons. The van der Waals surface area contributed by atoms with Crippen molar-refractivity contribution in [1.29, 1.82) is 0 Å². The fourth-order valence-electron chi connectivity index (χ4n) is 2.33. The number of hydrogen-bond donors (Lipinski definition) is 3. The lowest BCUT2D eigenvalue weighted by Crippen LogP contribution is -2.38. The Kier molecular flexibility index (Phi) is 8.58. The van der Waals surface area contributed by atoms with Crippen LogP contribution in [0.2, 0.25) is 5.02 Å². The van der Waals surface area contributed by atoms with E-state index in [-0.39, 0.29) is 12.4 Å². The number of amides is 1. The number of nitrogens with two attached hydrogens (primary N) is 1. The molecule has 2 rings (SSSR count). The molecule has 0 spiro atoms. The van der Waals surface area contributed by atoms with Gasteiger partial charge in [0.05, 0.1) is 13.1 Å². The van der Waals surface area contributed by atoms with E-state index in [1.807, 2.05) is 37.3 Å². The molecule has 1 atom stereocenters. The number of nitrogens with one attached hydrogen (secondary N) is 1. The van der Waals surface area contributed by atoms with Gasteiger partial charge < -0.3 is 16.2 Å². The van der Waals surface area contributed by atoms with Crippen LogP contribution in [0.5, 0.6) is 0 Å². The summed E-state index contributed by atoms with van der Waals surface area (Å²) >= 11 is 6.04. The third kappa shape index (κ3) is 6.75. The maximum Gasteiger partial charge on any atom is 0.258 e. The van der Waals surface area contributed by atoms with Crippen molar-refractivity contribution in [2.24, 2.45) is 21.0 Å². The highest BCUT2D eigenvalue weighted by Gasteiger charge is 2.22. The number of carbonyl (C=O) groups is 1. The quantitative estimate of drug-likeness (QED) is 0.259. The van der Waals surface area contributed by atoms with Crippen molar-refractivity contribution in [3.8, 4) is 0 Å². The SMILES string of the molecule is Cc1cc(CN=C(N)C(N=NCCCO)C(=O)Nc2ccccc2)ccc1Cl. The van der Waals surface area contributed by atoms with E-state index in [0.717, 1.165) is 11.1 Å². The molecule has 1 unspecified atom stereocenters. The van der Waals surface area contributed by atoms with Gasteiger partial charge in [-0.1, -0.05) is 41.9 Å². The van der Waals surface area contributed by atoms with Gasteiger partial charge in [0, 0.05) is 17.3 Å². The number of aliphatic hydroxyl groups excluding tert-OH is 1. The van der Waals surface area contributed by atoms with E-state index >= 15 is 0 Å². The van der Waals surface area contributed by atoms with Gasteiger partial charge in [0.15, 0.2) is 0 Å². The number of benzene rings is 2. The van der Waals surface area contributed by atoms with Crippen molar-refractivity contribution in [3.05, 3.63) is 64.7 Å².